The molecule has 0 aromatic heterocycles. The Hall–Kier alpha value is -2.80. The zero-order valence-corrected chi connectivity index (χ0v) is 12.7. The number of nitrogens with zero attached hydrogens (tertiary/aromatic N) is 3. The van der Waals surface area contributed by atoms with Crippen molar-refractivity contribution in [2.45, 2.75) is 0 Å². The van der Waals surface area contributed by atoms with Crippen LogP contribution in [0.3, 0.4) is 0 Å². The SMILES string of the molecule is Cl.N/C(=N\N=C\c1cccc(F)c1)N/N=C/c1cccc(F)c1. The van der Waals surface area contributed by atoms with E-state index in [1.54, 1.807) is 24.3 Å². The Morgan fingerprint density at radius 1 is 0.957 bits per heavy atom. The molecule has 0 aliphatic carbocycles. The van der Waals surface area contributed by atoms with Crippen molar-refractivity contribution in [3.05, 3.63) is 71.3 Å². The summed E-state index contributed by atoms with van der Waals surface area (Å²) in [5.41, 5.74) is 9.09. The normalized spacial score (nSPS) is 11.7. The summed E-state index contributed by atoms with van der Waals surface area (Å²) in [7, 11) is 0. The third-order valence-corrected chi connectivity index (χ3v) is 2.46. The van der Waals surface area contributed by atoms with Crippen LogP contribution in [0.2, 0.25) is 0 Å². The van der Waals surface area contributed by atoms with E-state index in [1.807, 2.05) is 0 Å². The monoisotopic (exact) mass is 337 g/mol. The molecule has 8 heteroatoms. The molecule has 0 saturated carbocycles. The molecule has 0 radical (unpaired) electrons. The Morgan fingerprint density at radius 3 is 2.09 bits per heavy atom. The second kappa shape index (κ2) is 9.26. The molecule has 23 heavy (non-hydrogen) atoms. The van der Waals surface area contributed by atoms with E-state index in [4.69, 9.17) is 5.73 Å². The van der Waals surface area contributed by atoms with Gasteiger partial charge < -0.3 is 5.73 Å². The minimum absolute atomic E-state index is 0. The fourth-order valence-corrected chi connectivity index (χ4v) is 1.53. The second-order valence-electron chi connectivity index (χ2n) is 4.21. The van der Waals surface area contributed by atoms with Crippen LogP contribution < -0.4 is 11.2 Å². The number of guanidine groups is 1. The van der Waals surface area contributed by atoms with Crippen molar-refractivity contribution < 1.29 is 8.78 Å². The van der Waals surface area contributed by atoms with Crippen LogP contribution in [0.15, 0.2) is 63.8 Å². The maximum absolute atomic E-state index is 12.9. The fraction of sp³-hybridized carbons (Fsp3) is 0. The molecule has 120 valence electrons. The highest BCUT2D eigenvalue weighted by Crippen LogP contribution is 2.01. The van der Waals surface area contributed by atoms with E-state index < -0.39 is 0 Å². The topological polar surface area (TPSA) is 75.1 Å². The molecule has 2 rings (SSSR count). The Kier molecular flexibility index (Phi) is 7.35. The molecule has 0 atom stereocenters. The fourth-order valence-electron chi connectivity index (χ4n) is 1.53. The van der Waals surface area contributed by atoms with Gasteiger partial charge in [0, 0.05) is 0 Å². The first-order chi connectivity index (χ1) is 10.6. The van der Waals surface area contributed by atoms with Crippen LogP contribution in [0.4, 0.5) is 8.78 Å². The summed E-state index contributed by atoms with van der Waals surface area (Å²) in [6.07, 6.45) is 2.75. The summed E-state index contributed by atoms with van der Waals surface area (Å²) in [4.78, 5) is 0. The van der Waals surface area contributed by atoms with Crippen molar-refractivity contribution in [1.29, 1.82) is 0 Å². The first kappa shape index (κ1) is 18.2. The molecule has 5 nitrogen and oxygen atoms in total. The molecule has 0 unspecified atom stereocenters. The predicted octanol–water partition coefficient (Wildman–Crippen LogP) is 2.66. The number of hydrazone groups is 1. The van der Waals surface area contributed by atoms with Crippen molar-refractivity contribution in [1.82, 2.24) is 5.43 Å². The Balaban J connectivity index is 0.00000264. The Morgan fingerprint density at radius 2 is 1.52 bits per heavy atom. The molecule has 0 heterocycles. The average Bonchev–Trinajstić information content (AvgIpc) is 2.47. The van der Waals surface area contributed by atoms with Gasteiger partial charge >= 0.3 is 0 Å². The van der Waals surface area contributed by atoms with E-state index in [0.717, 1.165) is 0 Å². The predicted molar refractivity (Wildman–Crippen MR) is 90.0 cm³/mol. The quantitative estimate of drug-likeness (QED) is 0.511. The maximum Gasteiger partial charge on any atom is 0.234 e. The maximum atomic E-state index is 12.9. The average molecular weight is 338 g/mol. The number of hydrogen-bond acceptors (Lipinski definition) is 3. The molecule has 0 saturated heterocycles. The molecule has 0 amide bonds. The molecule has 2 aromatic rings. The lowest BCUT2D eigenvalue weighted by atomic mass is 10.2. The van der Waals surface area contributed by atoms with E-state index in [0.29, 0.717) is 11.1 Å². The van der Waals surface area contributed by atoms with Gasteiger partial charge in [-0.3, -0.25) is 0 Å². The number of nitrogens with one attached hydrogen (secondary N) is 1. The summed E-state index contributed by atoms with van der Waals surface area (Å²) < 4.78 is 25.9. The third-order valence-electron chi connectivity index (χ3n) is 2.46. The highest BCUT2D eigenvalue weighted by molar-refractivity contribution is 5.85. The van der Waals surface area contributed by atoms with Gasteiger partial charge in [-0.1, -0.05) is 24.3 Å². The first-order valence-electron chi connectivity index (χ1n) is 6.30. The van der Waals surface area contributed by atoms with Gasteiger partial charge in [-0.05, 0) is 35.4 Å². The zero-order valence-electron chi connectivity index (χ0n) is 11.9. The smallest absolute Gasteiger partial charge is 0.234 e. The number of nitrogens with two attached hydrogens (primary N) is 1. The van der Waals surface area contributed by atoms with Crippen LogP contribution in [-0.2, 0) is 0 Å². The van der Waals surface area contributed by atoms with Crippen molar-refractivity contribution in [3.8, 4) is 0 Å². The van der Waals surface area contributed by atoms with E-state index in [-0.39, 0.29) is 30.0 Å². The van der Waals surface area contributed by atoms with Crippen LogP contribution >= 0.6 is 12.4 Å². The highest BCUT2D eigenvalue weighted by Gasteiger charge is 1.92. The Bertz CT molecular complexity index is 731. The van der Waals surface area contributed by atoms with E-state index in [1.165, 1.54) is 36.7 Å². The van der Waals surface area contributed by atoms with Gasteiger partial charge in [-0.15, -0.1) is 17.5 Å². The van der Waals surface area contributed by atoms with Crippen LogP contribution in [0, 0.1) is 11.6 Å². The van der Waals surface area contributed by atoms with Crippen molar-refractivity contribution in [2.24, 2.45) is 21.0 Å². The summed E-state index contributed by atoms with van der Waals surface area (Å²) >= 11 is 0. The molecule has 3 N–H and O–H groups in total. The second-order valence-corrected chi connectivity index (χ2v) is 4.21. The number of rotatable bonds is 4. The van der Waals surface area contributed by atoms with Crippen LogP contribution in [0.5, 0.6) is 0 Å². The summed E-state index contributed by atoms with van der Waals surface area (Å²) in [5, 5.41) is 11.1. The van der Waals surface area contributed by atoms with Crippen molar-refractivity contribution >= 4 is 30.8 Å². The van der Waals surface area contributed by atoms with Crippen LogP contribution in [-0.4, -0.2) is 18.4 Å². The van der Waals surface area contributed by atoms with Crippen LogP contribution in [0.1, 0.15) is 11.1 Å². The van der Waals surface area contributed by atoms with E-state index >= 15 is 0 Å². The van der Waals surface area contributed by atoms with Gasteiger partial charge in [0.1, 0.15) is 11.6 Å². The molecular weight excluding hydrogens is 324 g/mol. The summed E-state index contributed by atoms with van der Waals surface area (Å²) in [6.45, 7) is 0. The third kappa shape index (κ3) is 6.66. The first-order valence-corrected chi connectivity index (χ1v) is 6.30. The zero-order chi connectivity index (χ0) is 15.8. The van der Waals surface area contributed by atoms with E-state index in [2.05, 4.69) is 20.7 Å². The lowest BCUT2D eigenvalue weighted by Crippen LogP contribution is -2.26. The standard InChI is InChI=1S/C15H13F2N5.ClH/c16-13-5-1-3-11(7-13)9-19-21-15(18)22-20-10-12-4-2-6-14(17)8-12;/h1-10H,(H3,18,21,22);1H/b19-9+,20-10+;. The van der Waals surface area contributed by atoms with Crippen molar-refractivity contribution in [2.75, 3.05) is 0 Å². The lowest BCUT2D eigenvalue weighted by Gasteiger charge is -1.96. The highest BCUT2D eigenvalue weighted by atomic mass is 35.5. The molecule has 0 fully saturated rings. The molecule has 2 aromatic carbocycles. The molecule has 0 aliphatic heterocycles. The Labute approximate surface area is 138 Å². The van der Waals surface area contributed by atoms with E-state index in [9.17, 15) is 8.78 Å². The largest absolute Gasteiger partial charge is 0.367 e. The van der Waals surface area contributed by atoms with Gasteiger partial charge in [-0.25, -0.2) is 14.2 Å². The molecular formula is C15H14ClF2N5. The van der Waals surface area contributed by atoms with Gasteiger partial charge in [0.05, 0.1) is 12.4 Å². The summed E-state index contributed by atoms with van der Waals surface area (Å²) in [6, 6.07) is 11.8. The molecule has 0 aliphatic rings. The summed E-state index contributed by atoms with van der Waals surface area (Å²) in [5.74, 6) is -0.774. The molecule has 0 bridgehead atoms. The van der Waals surface area contributed by atoms with Gasteiger partial charge in [0.2, 0.25) is 5.96 Å². The van der Waals surface area contributed by atoms with Gasteiger partial charge in [0.15, 0.2) is 0 Å². The van der Waals surface area contributed by atoms with Gasteiger partial charge in [0.25, 0.3) is 0 Å². The number of hydrogen-bond donors (Lipinski definition) is 2. The minimum atomic E-state index is -0.362. The lowest BCUT2D eigenvalue weighted by molar-refractivity contribution is 0.627. The van der Waals surface area contributed by atoms with Crippen LogP contribution in [0.25, 0.3) is 0 Å². The van der Waals surface area contributed by atoms with Gasteiger partial charge in [-0.2, -0.15) is 10.2 Å². The van der Waals surface area contributed by atoms with Crippen molar-refractivity contribution in [3.63, 3.8) is 0 Å². The minimum Gasteiger partial charge on any atom is -0.367 e. The number of halogens is 3. The molecule has 0 spiro atoms. The number of benzene rings is 2.